The minimum atomic E-state index is -4.64. The number of hydrogen-bond acceptors (Lipinski definition) is 4. The van der Waals surface area contributed by atoms with Crippen LogP contribution in [0.3, 0.4) is 0 Å². The molecule has 2 rings (SSSR count). The Morgan fingerprint density at radius 3 is 2.50 bits per heavy atom. The van der Waals surface area contributed by atoms with Gasteiger partial charge in [0.15, 0.2) is 0 Å². The maximum absolute atomic E-state index is 12.7. The molecule has 0 fully saturated rings. The van der Waals surface area contributed by atoms with Gasteiger partial charge in [-0.3, -0.25) is 10.1 Å². The highest BCUT2D eigenvalue weighted by Gasteiger charge is 2.33. The molecule has 2 aromatic rings. The second kappa shape index (κ2) is 7.04. The van der Waals surface area contributed by atoms with Crippen LogP contribution in [0.25, 0.3) is 11.3 Å². The fourth-order valence-electron chi connectivity index (χ4n) is 2.29. The van der Waals surface area contributed by atoms with Crippen molar-refractivity contribution in [2.24, 2.45) is 0 Å². The Hall–Kier alpha value is -2.35. The number of hydrogen-bond donors (Lipinski definition) is 0. The Morgan fingerprint density at radius 1 is 1.21 bits per heavy atom. The number of halogens is 3. The van der Waals surface area contributed by atoms with Crippen LogP contribution in [-0.2, 0) is 12.6 Å². The van der Waals surface area contributed by atoms with Crippen LogP contribution in [0.15, 0.2) is 34.7 Å². The van der Waals surface area contributed by atoms with E-state index in [4.69, 9.17) is 4.42 Å². The van der Waals surface area contributed by atoms with Gasteiger partial charge in [-0.15, -0.1) is 0 Å². The molecule has 24 heavy (non-hydrogen) atoms. The lowest BCUT2D eigenvalue weighted by molar-refractivity contribution is -0.384. The summed E-state index contributed by atoms with van der Waals surface area (Å²) in [6.45, 7) is 0.858. The van der Waals surface area contributed by atoms with E-state index in [0.29, 0.717) is 18.2 Å². The Labute approximate surface area is 136 Å². The zero-order valence-electron chi connectivity index (χ0n) is 13.3. The summed E-state index contributed by atoms with van der Waals surface area (Å²) in [4.78, 5) is 12.3. The maximum Gasteiger partial charge on any atom is 0.416 e. The van der Waals surface area contributed by atoms with Gasteiger partial charge in [0.25, 0.3) is 5.69 Å². The molecule has 0 aliphatic rings. The van der Waals surface area contributed by atoms with E-state index in [-0.39, 0.29) is 11.3 Å². The molecule has 1 aromatic carbocycles. The first-order valence-corrected chi connectivity index (χ1v) is 7.28. The molecule has 130 valence electrons. The van der Waals surface area contributed by atoms with Crippen molar-refractivity contribution in [2.45, 2.75) is 19.0 Å². The van der Waals surface area contributed by atoms with Crippen LogP contribution in [0.2, 0.25) is 0 Å². The standard InChI is InChI=1S/C16H17F3N2O3/c1-20(2)9-3-4-12-6-8-15(24-12)13-7-5-11(16(17,18)19)10-14(13)21(22)23/h5-8,10H,3-4,9H2,1-2H3. The Kier molecular flexibility index (Phi) is 5.28. The third kappa shape index (κ3) is 4.35. The molecule has 0 aliphatic heterocycles. The van der Waals surface area contributed by atoms with Gasteiger partial charge in [-0.25, -0.2) is 0 Å². The van der Waals surface area contributed by atoms with Gasteiger partial charge in [0.2, 0.25) is 0 Å². The fraction of sp³-hybridized carbons (Fsp3) is 0.375. The topological polar surface area (TPSA) is 59.5 Å². The summed E-state index contributed by atoms with van der Waals surface area (Å²) in [5.41, 5.74) is -1.65. The summed E-state index contributed by atoms with van der Waals surface area (Å²) in [6, 6.07) is 5.65. The SMILES string of the molecule is CN(C)CCCc1ccc(-c2ccc(C(F)(F)F)cc2[N+](=O)[O-])o1. The molecule has 8 heteroatoms. The predicted octanol–water partition coefficient (Wildman–Crippen LogP) is 4.37. The molecule has 0 aliphatic carbocycles. The van der Waals surface area contributed by atoms with Crippen molar-refractivity contribution in [1.82, 2.24) is 4.90 Å². The van der Waals surface area contributed by atoms with Crippen molar-refractivity contribution >= 4 is 5.69 Å². The lowest BCUT2D eigenvalue weighted by Gasteiger charge is -2.08. The molecular weight excluding hydrogens is 325 g/mol. The van der Waals surface area contributed by atoms with Crippen molar-refractivity contribution in [2.75, 3.05) is 20.6 Å². The molecule has 0 radical (unpaired) electrons. The Balaban J connectivity index is 2.28. The molecule has 0 amide bonds. The molecule has 5 nitrogen and oxygen atoms in total. The van der Waals surface area contributed by atoms with Crippen LogP contribution in [0.1, 0.15) is 17.7 Å². The van der Waals surface area contributed by atoms with Crippen molar-refractivity contribution < 1.29 is 22.5 Å². The number of alkyl halides is 3. The molecule has 0 bridgehead atoms. The molecule has 1 aromatic heterocycles. The normalized spacial score (nSPS) is 11.9. The molecule has 0 atom stereocenters. The number of benzene rings is 1. The van der Waals surface area contributed by atoms with Crippen LogP contribution >= 0.6 is 0 Å². The minimum absolute atomic E-state index is 0.0341. The number of nitro benzene ring substituents is 1. The number of nitro groups is 1. The molecular formula is C16H17F3N2O3. The van der Waals surface area contributed by atoms with E-state index in [0.717, 1.165) is 25.1 Å². The van der Waals surface area contributed by atoms with Crippen LogP contribution in [0, 0.1) is 10.1 Å². The van der Waals surface area contributed by atoms with Crippen LogP contribution < -0.4 is 0 Å². The largest absolute Gasteiger partial charge is 0.461 e. The number of furan rings is 1. The molecule has 0 saturated heterocycles. The summed E-state index contributed by atoms with van der Waals surface area (Å²) in [5.74, 6) is 0.830. The lowest BCUT2D eigenvalue weighted by atomic mass is 10.1. The van der Waals surface area contributed by atoms with E-state index in [1.807, 2.05) is 19.0 Å². The van der Waals surface area contributed by atoms with Crippen LogP contribution in [-0.4, -0.2) is 30.5 Å². The molecule has 0 saturated carbocycles. The second-order valence-corrected chi connectivity index (χ2v) is 5.66. The lowest BCUT2D eigenvalue weighted by Crippen LogP contribution is -2.13. The minimum Gasteiger partial charge on any atom is -0.461 e. The first-order chi connectivity index (χ1) is 11.2. The van der Waals surface area contributed by atoms with Gasteiger partial charge in [0.1, 0.15) is 11.5 Å². The average molecular weight is 342 g/mol. The highest BCUT2D eigenvalue weighted by molar-refractivity contribution is 5.70. The smallest absolute Gasteiger partial charge is 0.416 e. The van der Waals surface area contributed by atoms with Crippen molar-refractivity contribution in [1.29, 1.82) is 0 Å². The Bertz CT molecular complexity index is 724. The number of nitrogens with zero attached hydrogens (tertiary/aromatic N) is 2. The number of aryl methyl sites for hydroxylation is 1. The third-order valence-corrected chi connectivity index (χ3v) is 3.48. The Morgan fingerprint density at radius 2 is 1.92 bits per heavy atom. The monoisotopic (exact) mass is 342 g/mol. The summed E-state index contributed by atoms with van der Waals surface area (Å²) in [7, 11) is 3.89. The maximum atomic E-state index is 12.7. The summed E-state index contributed by atoms with van der Waals surface area (Å²) in [5, 5.41) is 11.1. The number of rotatable bonds is 6. The summed E-state index contributed by atoms with van der Waals surface area (Å²) >= 11 is 0. The highest BCUT2D eigenvalue weighted by Crippen LogP contribution is 2.37. The molecule has 0 N–H and O–H groups in total. The summed E-state index contributed by atoms with van der Waals surface area (Å²) < 4.78 is 43.7. The van der Waals surface area contributed by atoms with Crippen molar-refractivity contribution in [3.8, 4) is 11.3 Å². The van der Waals surface area contributed by atoms with E-state index in [1.165, 1.54) is 0 Å². The van der Waals surface area contributed by atoms with E-state index in [1.54, 1.807) is 12.1 Å². The fourth-order valence-corrected chi connectivity index (χ4v) is 2.29. The van der Waals surface area contributed by atoms with Gasteiger partial charge in [-0.05, 0) is 51.3 Å². The van der Waals surface area contributed by atoms with E-state index in [9.17, 15) is 23.3 Å². The van der Waals surface area contributed by atoms with Crippen LogP contribution in [0.5, 0.6) is 0 Å². The van der Waals surface area contributed by atoms with Crippen molar-refractivity contribution in [3.63, 3.8) is 0 Å². The van der Waals surface area contributed by atoms with Crippen molar-refractivity contribution in [3.05, 3.63) is 51.8 Å². The van der Waals surface area contributed by atoms with Gasteiger partial charge < -0.3 is 9.32 Å². The quantitative estimate of drug-likeness (QED) is 0.578. The molecule has 0 spiro atoms. The van der Waals surface area contributed by atoms with Gasteiger partial charge in [0.05, 0.1) is 16.1 Å². The van der Waals surface area contributed by atoms with Gasteiger partial charge in [-0.1, -0.05) is 0 Å². The molecule has 1 heterocycles. The average Bonchev–Trinajstić information content (AvgIpc) is 2.94. The van der Waals surface area contributed by atoms with Gasteiger partial charge in [-0.2, -0.15) is 13.2 Å². The van der Waals surface area contributed by atoms with E-state index >= 15 is 0 Å². The first kappa shape index (κ1) is 18.0. The summed E-state index contributed by atoms with van der Waals surface area (Å²) in [6.07, 6.45) is -3.15. The zero-order chi connectivity index (χ0) is 17.9. The van der Waals surface area contributed by atoms with Gasteiger partial charge >= 0.3 is 6.18 Å². The second-order valence-electron chi connectivity index (χ2n) is 5.66. The predicted molar refractivity (Wildman–Crippen MR) is 82.7 cm³/mol. The highest BCUT2D eigenvalue weighted by atomic mass is 19.4. The zero-order valence-corrected chi connectivity index (χ0v) is 13.3. The van der Waals surface area contributed by atoms with Crippen LogP contribution in [0.4, 0.5) is 18.9 Å². The van der Waals surface area contributed by atoms with E-state index in [2.05, 4.69) is 0 Å². The first-order valence-electron chi connectivity index (χ1n) is 7.28. The molecule has 0 unspecified atom stereocenters. The van der Waals surface area contributed by atoms with Gasteiger partial charge in [0, 0.05) is 12.5 Å². The van der Waals surface area contributed by atoms with E-state index < -0.39 is 22.4 Å². The third-order valence-electron chi connectivity index (χ3n) is 3.48.